The molecule has 3 heterocycles. The highest BCUT2D eigenvalue weighted by atomic mass is 31.2. The van der Waals surface area contributed by atoms with Crippen LogP contribution in [0.25, 0.3) is 12.2 Å². The van der Waals surface area contributed by atoms with Crippen molar-refractivity contribution in [1.82, 2.24) is 0 Å². The van der Waals surface area contributed by atoms with Gasteiger partial charge in [0.15, 0.2) is 11.6 Å². The summed E-state index contributed by atoms with van der Waals surface area (Å²) in [5.74, 6) is -2.80. The molecule has 2 aliphatic carbocycles. The number of carbonyl (C=O) groups is 7. The van der Waals surface area contributed by atoms with Crippen molar-refractivity contribution in [3.8, 4) is 0 Å². The maximum atomic E-state index is 12.5. The van der Waals surface area contributed by atoms with Crippen LogP contribution in [0, 0.1) is 23.7 Å². The molecule has 0 aromatic heterocycles. The number of allylic oxidation sites excluding steroid dienone is 3. The van der Waals surface area contributed by atoms with Crippen molar-refractivity contribution in [2.45, 2.75) is 62.9 Å². The third-order valence-corrected chi connectivity index (χ3v) is 14.3. The van der Waals surface area contributed by atoms with Gasteiger partial charge in [0.05, 0.1) is 29.9 Å². The zero-order valence-electron chi connectivity index (χ0n) is 40.1. The number of aldehydes is 1. The van der Waals surface area contributed by atoms with Crippen molar-refractivity contribution in [3.63, 3.8) is 0 Å². The molecule has 0 radical (unpaired) electrons. The Kier molecular flexibility index (Phi) is 20.9. The highest BCUT2D eigenvalue weighted by Gasteiger charge is 2.52. The van der Waals surface area contributed by atoms with Crippen LogP contribution in [-0.4, -0.2) is 99.7 Å². The van der Waals surface area contributed by atoms with Crippen LogP contribution in [0.4, 0.5) is 0 Å². The van der Waals surface area contributed by atoms with E-state index in [0.717, 1.165) is 30.6 Å². The van der Waals surface area contributed by atoms with Crippen LogP contribution in [0.2, 0.25) is 0 Å². The molecule has 0 spiro atoms. The minimum Gasteiger partial charge on any atom is -0.462 e. The lowest BCUT2D eigenvalue weighted by molar-refractivity contribution is -0.143. The average molecular weight is 1000 g/mol. The van der Waals surface area contributed by atoms with E-state index in [4.69, 9.17) is 23.7 Å². The maximum Gasteiger partial charge on any atom is 0.338 e. The number of benzene rings is 4. The quantitative estimate of drug-likeness (QED) is 0.0359. The van der Waals surface area contributed by atoms with Gasteiger partial charge in [-0.25, -0.2) is 9.59 Å². The third kappa shape index (κ3) is 16.3. The fourth-order valence-electron chi connectivity index (χ4n) is 8.78. The Bertz CT molecular complexity index is 2560. The summed E-state index contributed by atoms with van der Waals surface area (Å²) < 4.78 is 47.7. The van der Waals surface area contributed by atoms with Crippen LogP contribution in [0.3, 0.4) is 0 Å². The Morgan fingerprint density at radius 3 is 1.46 bits per heavy atom. The van der Waals surface area contributed by atoms with E-state index < -0.39 is 37.7 Å². The number of fused-ring (bicyclic) bond motifs is 2. The molecule has 4 aromatic rings. The van der Waals surface area contributed by atoms with E-state index in [2.05, 4.69) is 9.05 Å². The number of hydrogen-bond acceptors (Lipinski definition) is 15. The number of ether oxygens (including phenoxy) is 5. The van der Waals surface area contributed by atoms with Crippen molar-refractivity contribution >= 4 is 61.5 Å². The molecule has 15 nitrogen and oxygen atoms in total. The molecule has 378 valence electrons. The first kappa shape index (κ1) is 54.4. The summed E-state index contributed by atoms with van der Waals surface area (Å²) in [5.41, 5.74) is 2.76. The lowest BCUT2D eigenvalue weighted by Gasteiger charge is -2.20. The smallest absolute Gasteiger partial charge is 0.338 e. The molecule has 0 amide bonds. The van der Waals surface area contributed by atoms with E-state index in [1.54, 1.807) is 66.8 Å². The molecular weight excluding hydrogens is 944 g/mol. The summed E-state index contributed by atoms with van der Waals surface area (Å²) in [6.07, 6.45) is 12.4. The van der Waals surface area contributed by atoms with Gasteiger partial charge in [-0.2, -0.15) is 0 Å². The molecule has 8 atom stereocenters. The Hall–Kier alpha value is -6.90. The summed E-state index contributed by atoms with van der Waals surface area (Å²) in [7, 11) is -0.735. The molecule has 0 unspecified atom stereocenters. The van der Waals surface area contributed by atoms with Crippen molar-refractivity contribution in [2.75, 3.05) is 33.6 Å². The summed E-state index contributed by atoms with van der Waals surface area (Å²) in [5, 5.41) is 0. The average Bonchev–Trinajstić information content (AvgIpc) is 4.27. The van der Waals surface area contributed by atoms with Crippen molar-refractivity contribution in [2.24, 2.45) is 23.7 Å². The lowest BCUT2D eigenvalue weighted by Crippen LogP contribution is -2.27. The van der Waals surface area contributed by atoms with Crippen LogP contribution in [0.1, 0.15) is 70.4 Å². The largest absolute Gasteiger partial charge is 0.462 e. The molecule has 2 saturated carbocycles. The zero-order chi connectivity index (χ0) is 51.3. The molecule has 3 aliphatic heterocycles. The van der Waals surface area contributed by atoms with Crippen LogP contribution in [0.5, 0.6) is 0 Å². The third-order valence-electron chi connectivity index (χ3n) is 12.5. The minimum atomic E-state index is -3.26. The lowest BCUT2D eigenvalue weighted by atomic mass is 9.91. The molecular formula is C56H59O15P. The Balaban J connectivity index is 0.000000175. The predicted molar refractivity (Wildman–Crippen MR) is 266 cm³/mol. The number of carbonyl (C=O) groups excluding carboxylic acids is 7. The second-order valence-electron chi connectivity index (χ2n) is 17.3. The Morgan fingerprint density at radius 2 is 1.03 bits per heavy atom. The van der Waals surface area contributed by atoms with Crippen molar-refractivity contribution in [3.05, 3.63) is 168 Å². The number of esters is 4. The molecule has 9 rings (SSSR count). The number of rotatable bonds is 15. The first-order valence-corrected chi connectivity index (χ1v) is 25.5. The van der Waals surface area contributed by atoms with Gasteiger partial charge in [-0.05, 0) is 66.5 Å². The molecule has 5 fully saturated rings. The van der Waals surface area contributed by atoms with Crippen molar-refractivity contribution < 1.29 is 70.9 Å². The zero-order valence-corrected chi connectivity index (χ0v) is 41.0. The van der Waals surface area contributed by atoms with Crippen LogP contribution in [-0.2, 0) is 61.3 Å². The van der Waals surface area contributed by atoms with Gasteiger partial charge in [0.1, 0.15) is 36.9 Å². The van der Waals surface area contributed by atoms with Crippen LogP contribution < -0.4 is 0 Å². The molecule has 72 heavy (non-hydrogen) atoms. The van der Waals surface area contributed by atoms with E-state index in [1.807, 2.05) is 72.8 Å². The Labute approximate surface area is 419 Å². The Morgan fingerprint density at radius 1 is 0.597 bits per heavy atom. The van der Waals surface area contributed by atoms with E-state index in [1.165, 1.54) is 45.3 Å². The summed E-state index contributed by atoms with van der Waals surface area (Å²) >= 11 is 0. The summed E-state index contributed by atoms with van der Waals surface area (Å²) in [6, 6.07) is 36.3. The van der Waals surface area contributed by atoms with Gasteiger partial charge in [-0.1, -0.05) is 115 Å². The van der Waals surface area contributed by atoms with Gasteiger partial charge in [0.25, 0.3) is 0 Å². The molecule has 3 saturated heterocycles. The standard InChI is InChI=1S/C25H22O5.C15H14O5.C12H15O4P.C4H8O/c26-19(12-11-17-7-3-1-4-8-17)13-14-20-21-15-24(27)29-23(21)16-22(20)30-25(28)18-9-5-2-6-10-18;16-8-11-10-6-14(17)19-12(10)7-13(11)20-15(18)9-4-2-1-3-5-9;1-15-17(14,16-2)10-12(13)9-8-11-6-4-3-5-7-11;1-2-4-5-3-1/h1-14,20-23H,15-16H2;1-5,8,10-13H,6-7H2;3-9H,10H2,1-2H3;1-4H2/b12-11+,14-13+;;9-8+;/t20-,21-,22-,23+;10-,11-,12+,13-;;/m11../s1. The molecule has 4 aromatic carbocycles. The monoisotopic (exact) mass is 1000 g/mol. The maximum absolute atomic E-state index is 12.5. The summed E-state index contributed by atoms with van der Waals surface area (Å²) in [4.78, 5) is 82.5. The van der Waals surface area contributed by atoms with E-state index in [9.17, 15) is 38.1 Å². The van der Waals surface area contributed by atoms with Crippen molar-refractivity contribution in [1.29, 1.82) is 0 Å². The molecule has 0 N–H and O–H groups in total. The minimum absolute atomic E-state index is 0.0896. The first-order valence-electron chi connectivity index (χ1n) is 23.7. The van der Waals surface area contributed by atoms with Gasteiger partial charge in [0, 0.05) is 58.0 Å². The second kappa shape index (κ2) is 27.6. The molecule has 16 heteroatoms. The van der Waals surface area contributed by atoms with Crippen LogP contribution in [0.15, 0.2) is 146 Å². The fraction of sp³-hybridized carbons (Fsp3) is 0.339. The van der Waals surface area contributed by atoms with E-state index >= 15 is 0 Å². The van der Waals surface area contributed by atoms with Gasteiger partial charge >= 0.3 is 31.5 Å². The van der Waals surface area contributed by atoms with Crippen LogP contribution >= 0.6 is 7.60 Å². The number of ketones is 2. The molecule has 5 aliphatic rings. The number of hydrogen-bond donors (Lipinski definition) is 0. The molecule has 0 bridgehead atoms. The van der Waals surface area contributed by atoms with E-state index in [-0.39, 0.29) is 72.5 Å². The highest BCUT2D eigenvalue weighted by molar-refractivity contribution is 7.54. The normalized spacial score (nSPS) is 23.8. The van der Waals surface area contributed by atoms with Gasteiger partial charge < -0.3 is 37.5 Å². The fourth-order valence-corrected chi connectivity index (χ4v) is 9.67. The van der Waals surface area contributed by atoms with Gasteiger partial charge in [-0.15, -0.1) is 0 Å². The van der Waals surface area contributed by atoms with Gasteiger partial charge in [0.2, 0.25) is 0 Å². The van der Waals surface area contributed by atoms with E-state index in [0.29, 0.717) is 24.0 Å². The SMILES string of the molecule is C1CCOC1.COP(=O)(CC(=O)/C=C/c1ccccc1)OC.O=C(/C=C/c1ccccc1)/C=C/[C@@H]1[C@H]2CC(=O)O[C@H]2C[C@H]1OC(=O)c1ccccc1.O=C[C@@H]1[C@H]2CC(=O)O[C@H]2C[C@H]1OC(=O)c1ccccc1. The topological polar surface area (TPSA) is 201 Å². The predicted octanol–water partition coefficient (Wildman–Crippen LogP) is 8.92. The second-order valence-corrected chi connectivity index (χ2v) is 19.6. The first-order chi connectivity index (χ1) is 34.9. The highest BCUT2D eigenvalue weighted by Crippen LogP contribution is 2.46. The van der Waals surface area contributed by atoms with Gasteiger partial charge in [-0.3, -0.25) is 23.7 Å². The summed E-state index contributed by atoms with van der Waals surface area (Å²) in [6.45, 7) is 2.00.